The van der Waals surface area contributed by atoms with Crippen LogP contribution in [-0.2, 0) is 0 Å². The Morgan fingerprint density at radius 3 is 1.48 bits per heavy atom. The highest BCUT2D eigenvalue weighted by atomic mass is 16.3. The van der Waals surface area contributed by atoms with E-state index in [4.69, 9.17) is 9.97 Å². The van der Waals surface area contributed by atoms with E-state index in [0.29, 0.717) is 28.0 Å². The molecule has 0 aliphatic heterocycles. The first kappa shape index (κ1) is 33.4. The number of hydrogen-bond donors (Lipinski definition) is 2. The molecule has 58 heavy (non-hydrogen) atoms. The van der Waals surface area contributed by atoms with Gasteiger partial charge in [0, 0.05) is 62.1 Å². The van der Waals surface area contributed by atoms with Crippen molar-refractivity contribution >= 4 is 54.1 Å². The minimum Gasteiger partial charge on any atom is -0.505 e. The number of fused-ring (bicyclic) bond motifs is 6. The zero-order valence-corrected chi connectivity index (χ0v) is 31.0. The zero-order chi connectivity index (χ0) is 38.7. The van der Waals surface area contributed by atoms with Crippen LogP contribution < -0.4 is 0 Å². The number of benzene rings is 8. The Kier molecular flexibility index (Phi) is 7.69. The predicted molar refractivity (Wildman–Crippen MR) is 236 cm³/mol. The average molecular weight is 745 g/mol. The van der Waals surface area contributed by atoms with Gasteiger partial charge in [-0.1, -0.05) is 140 Å². The Balaban J connectivity index is 1.28. The zero-order valence-electron chi connectivity index (χ0n) is 31.0. The lowest BCUT2D eigenvalue weighted by atomic mass is 9.82. The van der Waals surface area contributed by atoms with Crippen LogP contribution in [0.3, 0.4) is 0 Å². The van der Waals surface area contributed by atoms with Crippen LogP contribution in [0.1, 0.15) is 0 Å². The van der Waals surface area contributed by atoms with Crippen molar-refractivity contribution < 1.29 is 10.2 Å². The van der Waals surface area contributed by atoms with Crippen LogP contribution in [0.4, 0.5) is 0 Å². The van der Waals surface area contributed by atoms with Gasteiger partial charge in [-0.2, -0.15) is 0 Å². The van der Waals surface area contributed by atoms with Gasteiger partial charge in [-0.3, -0.25) is 9.97 Å². The lowest BCUT2D eigenvalue weighted by Crippen LogP contribution is -1.97. The highest BCUT2D eigenvalue weighted by Gasteiger charge is 2.24. The molecule has 0 spiro atoms. The van der Waals surface area contributed by atoms with Crippen LogP contribution in [0.25, 0.3) is 110 Å². The number of phenolic OH excluding ortho intramolecular Hbond substituents is 2. The standard InChI is InChI=1S/C52H32N4O2/c57-50-41(24-22-33-16-10-28-53-48(33)50)45-37-18-7-8-19-38(37)47(42-25-23-34-17-11-29-54-49(34)51(42)58)46-36-20-9-21-39(35(36)26-27-40(45)46)52-55-43(31-12-3-1-4-13-31)30-44(56-52)32-14-5-2-6-15-32/h1-30,57-58H. The molecule has 0 aliphatic carbocycles. The summed E-state index contributed by atoms with van der Waals surface area (Å²) in [7, 11) is 0. The van der Waals surface area contributed by atoms with Crippen LogP contribution in [0.2, 0.25) is 0 Å². The number of phenols is 2. The van der Waals surface area contributed by atoms with Gasteiger partial charge >= 0.3 is 0 Å². The van der Waals surface area contributed by atoms with Gasteiger partial charge in [0.25, 0.3) is 0 Å². The SMILES string of the molecule is Oc1c(-c2c3ccccc3c(-c3ccc4cccnc4c3O)c3c2ccc2c(-c4nc(-c5ccccc5)cc(-c5ccccc5)n4)cccc23)ccc2cccnc12. The highest BCUT2D eigenvalue weighted by Crippen LogP contribution is 2.51. The third-order valence-electron chi connectivity index (χ3n) is 11.2. The fraction of sp³-hybridized carbons (Fsp3) is 0. The van der Waals surface area contributed by atoms with Gasteiger partial charge in [0.2, 0.25) is 0 Å². The van der Waals surface area contributed by atoms with Crippen LogP contribution in [0.15, 0.2) is 182 Å². The van der Waals surface area contributed by atoms with Gasteiger partial charge in [-0.15, -0.1) is 0 Å². The third-order valence-corrected chi connectivity index (χ3v) is 11.2. The van der Waals surface area contributed by atoms with E-state index in [1.165, 1.54) is 0 Å². The number of pyridine rings is 2. The van der Waals surface area contributed by atoms with Crippen molar-refractivity contribution in [3.8, 4) is 67.7 Å². The highest BCUT2D eigenvalue weighted by molar-refractivity contribution is 6.30. The smallest absolute Gasteiger partial charge is 0.161 e. The van der Waals surface area contributed by atoms with Crippen molar-refractivity contribution in [2.75, 3.05) is 0 Å². The van der Waals surface area contributed by atoms with Gasteiger partial charge in [-0.25, -0.2) is 9.97 Å². The molecule has 11 aromatic rings. The number of nitrogens with zero attached hydrogens (tertiary/aromatic N) is 4. The summed E-state index contributed by atoms with van der Waals surface area (Å²) in [4.78, 5) is 19.6. The molecular weight excluding hydrogens is 713 g/mol. The van der Waals surface area contributed by atoms with Crippen LogP contribution in [0, 0.1) is 0 Å². The Hall–Kier alpha value is -7.96. The van der Waals surface area contributed by atoms with Gasteiger partial charge in [-0.05, 0) is 62.6 Å². The molecule has 0 fully saturated rings. The quantitative estimate of drug-likeness (QED) is 0.135. The van der Waals surface area contributed by atoms with E-state index in [2.05, 4.69) is 76.7 Å². The predicted octanol–water partition coefficient (Wildman–Crippen LogP) is 12.8. The molecule has 0 radical (unpaired) electrons. The second-order valence-corrected chi connectivity index (χ2v) is 14.5. The molecule has 3 heterocycles. The first-order valence-corrected chi connectivity index (χ1v) is 19.2. The van der Waals surface area contributed by atoms with Gasteiger partial charge in [0.15, 0.2) is 5.82 Å². The number of aromatic nitrogens is 4. The normalized spacial score (nSPS) is 11.6. The summed E-state index contributed by atoms with van der Waals surface area (Å²) < 4.78 is 0. The summed E-state index contributed by atoms with van der Waals surface area (Å²) in [5, 5.41) is 31.4. The van der Waals surface area contributed by atoms with E-state index in [1.54, 1.807) is 12.4 Å². The van der Waals surface area contributed by atoms with Crippen molar-refractivity contribution in [3.05, 3.63) is 182 Å². The molecule has 8 aromatic carbocycles. The molecule has 6 nitrogen and oxygen atoms in total. The second kappa shape index (κ2) is 13.4. The van der Waals surface area contributed by atoms with Crippen molar-refractivity contribution in [2.24, 2.45) is 0 Å². The Morgan fingerprint density at radius 2 is 0.879 bits per heavy atom. The van der Waals surface area contributed by atoms with Gasteiger partial charge in [0.1, 0.15) is 22.5 Å². The topological polar surface area (TPSA) is 92.0 Å². The molecular formula is C52H32N4O2. The van der Waals surface area contributed by atoms with E-state index < -0.39 is 0 Å². The van der Waals surface area contributed by atoms with E-state index >= 15 is 0 Å². The molecule has 0 saturated heterocycles. The summed E-state index contributed by atoms with van der Waals surface area (Å²) in [6.45, 7) is 0. The Bertz CT molecular complexity index is 3360. The minimum absolute atomic E-state index is 0.106. The van der Waals surface area contributed by atoms with E-state index in [0.717, 1.165) is 82.3 Å². The number of hydrogen-bond acceptors (Lipinski definition) is 6. The summed E-state index contributed by atoms with van der Waals surface area (Å²) in [6.07, 6.45) is 3.41. The molecule has 0 atom stereocenters. The first-order valence-electron chi connectivity index (χ1n) is 19.2. The maximum Gasteiger partial charge on any atom is 0.161 e. The molecule has 11 rings (SSSR count). The largest absolute Gasteiger partial charge is 0.505 e. The molecule has 0 amide bonds. The monoisotopic (exact) mass is 744 g/mol. The first-order chi connectivity index (χ1) is 28.6. The van der Waals surface area contributed by atoms with Crippen LogP contribution >= 0.6 is 0 Å². The summed E-state index contributed by atoms with van der Waals surface area (Å²) in [5.41, 5.74) is 8.65. The van der Waals surface area contributed by atoms with Crippen LogP contribution in [-0.4, -0.2) is 30.1 Å². The Labute approximate surface area is 333 Å². The molecule has 0 saturated carbocycles. The number of rotatable bonds is 5. The van der Waals surface area contributed by atoms with Crippen molar-refractivity contribution in [1.29, 1.82) is 0 Å². The molecule has 272 valence electrons. The van der Waals surface area contributed by atoms with Crippen LogP contribution in [0.5, 0.6) is 11.5 Å². The fourth-order valence-corrected chi connectivity index (χ4v) is 8.54. The van der Waals surface area contributed by atoms with Crippen molar-refractivity contribution in [3.63, 3.8) is 0 Å². The van der Waals surface area contributed by atoms with E-state index in [1.807, 2.05) is 103 Å². The average Bonchev–Trinajstić information content (AvgIpc) is 3.29. The summed E-state index contributed by atoms with van der Waals surface area (Å²) >= 11 is 0. The second-order valence-electron chi connectivity index (χ2n) is 14.5. The maximum absolute atomic E-state index is 12.1. The maximum atomic E-state index is 12.1. The van der Waals surface area contributed by atoms with Gasteiger partial charge < -0.3 is 10.2 Å². The lowest BCUT2D eigenvalue weighted by Gasteiger charge is -2.21. The van der Waals surface area contributed by atoms with E-state index in [9.17, 15) is 10.2 Å². The third kappa shape index (κ3) is 5.27. The Morgan fingerprint density at radius 1 is 0.362 bits per heavy atom. The molecule has 6 heteroatoms. The molecule has 2 N–H and O–H groups in total. The fourth-order valence-electron chi connectivity index (χ4n) is 8.54. The molecule has 0 aliphatic rings. The summed E-state index contributed by atoms with van der Waals surface area (Å²) in [5.74, 6) is 0.821. The van der Waals surface area contributed by atoms with E-state index in [-0.39, 0.29) is 11.5 Å². The summed E-state index contributed by atoms with van der Waals surface area (Å²) in [6, 6.07) is 56.8. The molecule has 0 unspecified atom stereocenters. The molecule has 3 aromatic heterocycles. The van der Waals surface area contributed by atoms with Gasteiger partial charge in [0.05, 0.1) is 11.4 Å². The van der Waals surface area contributed by atoms with Crippen molar-refractivity contribution in [2.45, 2.75) is 0 Å². The number of aromatic hydroxyl groups is 2. The molecule has 0 bridgehead atoms. The minimum atomic E-state index is 0.106. The van der Waals surface area contributed by atoms with Crippen molar-refractivity contribution in [1.82, 2.24) is 19.9 Å². The lowest BCUT2D eigenvalue weighted by molar-refractivity contribution is 0.482.